The minimum absolute atomic E-state index is 0.277. The molecule has 18 heavy (non-hydrogen) atoms. The molecule has 3 nitrogen and oxygen atoms in total. The number of benzene rings is 2. The molecule has 0 aliphatic carbocycles. The molecule has 2 aromatic carbocycles. The number of aryl methyl sites for hydroxylation is 2. The molecule has 0 atom stereocenters. The molecule has 0 saturated carbocycles. The molecule has 3 N–H and O–H groups in total. The molecule has 0 unspecified atom stereocenters. The van der Waals surface area contributed by atoms with Gasteiger partial charge in [0.2, 0.25) is 5.75 Å². The fourth-order valence-corrected chi connectivity index (χ4v) is 2.13. The summed E-state index contributed by atoms with van der Waals surface area (Å²) in [6.45, 7) is 5.74. The van der Waals surface area contributed by atoms with Gasteiger partial charge in [0.15, 0.2) is 11.5 Å². The smallest absolute Gasteiger partial charge is 0.200 e. The van der Waals surface area contributed by atoms with Crippen LogP contribution in [0.4, 0.5) is 0 Å². The largest absolute Gasteiger partial charge is 0.504 e. The van der Waals surface area contributed by atoms with Gasteiger partial charge in [0, 0.05) is 5.56 Å². The Morgan fingerprint density at radius 2 is 1.50 bits per heavy atom. The van der Waals surface area contributed by atoms with Crippen LogP contribution in [0.1, 0.15) is 16.7 Å². The molecule has 0 aromatic heterocycles. The predicted molar refractivity (Wildman–Crippen MR) is 71.1 cm³/mol. The summed E-state index contributed by atoms with van der Waals surface area (Å²) in [5, 5.41) is 29.1. The number of rotatable bonds is 1. The van der Waals surface area contributed by atoms with Gasteiger partial charge in [-0.05, 0) is 49.1 Å². The van der Waals surface area contributed by atoms with Gasteiger partial charge in [-0.25, -0.2) is 0 Å². The van der Waals surface area contributed by atoms with E-state index in [1.54, 1.807) is 6.92 Å². The highest BCUT2D eigenvalue weighted by Gasteiger charge is 2.17. The van der Waals surface area contributed by atoms with Gasteiger partial charge < -0.3 is 15.3 Å². The zero-order valence-electron chi connectivity index (χ0n) is 10.7. The molecule has 0 spiro atoms. The first kappa shape index (κ1) is 12.3. The first-order valence-corrected chi connectivity index (χ1v) is 5.74. The number of phenols is 3. The summed E-state index contributed by atoms with van der Waals surface area (Å²) in [5.41, 5.74) is 4.29. The Kier molecular flexibility index (Phi) is 2.91. The average Bonchev–Trinajstić information content (AvgIpc) is 2.32. The lowest BCUT2D eigenvalue weighted by atomic mass is 9.93. The first-order chi connectivity index (χ1) is 8.43. The van der Waals surface area contributed by atoms with Gasteiger partial charge in [-0.3, -0.25) is 0 Å². The molecule has 0 bridgehead atoms. The predicted octanol–water partition coefficient (Wildman–Crippen LogP) is 3.40. The quantitative estimate of drug-likeness (QED) is 0.674. The molecule has 0 amide bonds. The molecule has 0 aliphatic rings. The van der Waals surface area contributed by atoms with Gasteiger partial charge in [0.1, 0.15) is 0 Å². The van der Waals surface area contributed by atoms with Crippen molar-refractivity contribution in [1.82, 2.24) is 0 Å². The normalized spacial score (nSPS) is 10.6. The highest BCUT2D eigenvalue weighted by Crippen LogP contribution is 2.45. The van der Waals surface area contributed by atoms with Gasteiger partial charge in [-0.2, -0.15) is 0 Å². The zero-order chi connectivity index (χ0) is 13.4. The van der Waals surface area contributed by atoms with Crippen LogP contribution in [0.3, 0.4) is 0 Å². The van der Waals surface area contributed by atoms with Crippen LogP contribution in [0.5, 0.6) is 17.2 Å². The Balaban J connectivity index is 2.80. The molecule has 0 radical (unpaired) electrons. The topological polar surface area (TPSA) is 60.7 Å². The highest BCUT2D eigenvalue weighted by molar-refractivity contribution is 5.80. The van der Waals surface area contributed by atoms with Crippen molar-refractivity contribution >= 4 is 0 Å². The van der Waals surface area contributed by atoms with Crippen molar-refractivity contribution in [3.8, 4) is 28.4 Å². The first-order valence-electron chi connectivity index (χ1n) is 5.74. The van der Waals surface area contributed by atoms with Gasteiger partial charge >= 0.3 is 0 Å². The van der Waals surface area contributed by atoms with Crippen LogP contribution < -0.4 is 0 Å². The van der Waals surface area contributed by atoms with Crippen LogP contribution in [0.2, 0.25) is 0 Å². The minimum Gasteiger partial charge on any atom is -0.504 e. The number of phenolic OH excluding ortho intramolecular Hbond substituents is 3. The Morgan fingerprint density at radius 3 is 2.17 bits per heavy atom. The highest BCUT2D eigenvalue weighted by atomic mass is 16.3. The van der Waals surface area contributed by atoms with Crippen LogP contribution in [0.15, 0.2) is 24.3 Å². The van der Waals surface area contributed by atoms with E-state index in [4.69, 9.17) is 0 Å². The standard InChI is InChI=1S/C15H16O3/c1-8-5-4-6-11(10(8)3)13-9(2)7-12(16)14(17)15(13)18/h4-7,16-18H,1-3H3. The van der Waals surface area contributed by atoms with Crippen LogP contribution in [0, 0.1) is 20.8 Å². The Morgan fingerprint density at radius 1 is 0.833 bits per heavy atom. The van der Waals surface area contributed by atoms with Gasteiger partial charge in [-0.1, -0.05) is 18.2 Å². The van der Waals surface area contributed by atoms with Crippen LogP contribution >= 0.6 is 0 Å². The summed E-state index contributed by atoms with van der Waals surface area (Å²) < 4.78 is 0. The Bertz CT molecular complexity index is 616. The molecular weight excluding hydrogens is 228 g/mol. The van der Waals surface area contributed by atoms with E-state index in [-0.39, 0.29) is 11.5 Å². The fraction of sp³-hybridized carbons (Fsp3) is 0.200. The van der Waals surface area contributed by atoms with Crippen molar-refractivity contribution < 1.29 is 15.3 Å². The van der Waals surface area contributed by atoms with Crippen molar-refractivity contribution in [2.45, 2.75) is 20.8 Å². The fourth-order valence-electron chi connectivity index (χ4n) is 2.13. The lowest BCUT2D eigenvalue weighted by molar-refractivity contribution is 0.368. The maximum absolute atomic E-state index is 10.0. The second-order valence-corrected chi connectivity index (χ2v) is 4.53. The van der Waals surface area contributed by atoms with E-state index in [2.05, 4.69) is 0 Å². The molecule has 2 rings (SSSR count). The summed E-state index contributed by atoms with van der Waals surface area (Å²) in [7, 11) is 0. The van der Waals surface area contributed by atoms with Crippen molar-refractivity contribution in [1.29, 1.82) is 0 Å². The molecule has 94 valence electrons. The summed E-state index contributed by atoms with van der Waals surface area (Å²) in [6.07, 6.45) is 0. The molecular formula is C15H16O3. The number of aromatic hydroxyl groups is 3. The summed E-state index contributed by atoms with van der Waals surface area (Å²) in [6, 6.07) is 7.24. The molecule has 0 aliphatic heterocycles. The van der Waals surface area contributed by atoms with Crippen molar-refractivity contribution in [3.05, 3.63) is 41.0 Å². The van der Waals surface area contributed by atoms with E-state index in [0.29, 0.717) is 5.56 Å². The Labute approximate surface area is 106 Å². The monoisotopic (exact) mass is 244 g/mol. The molecule has 0 heterocycles. The molecule has 0 saturated heterocycles. The SMILES string of the molecule is Cc1cccc(-c2c(C)cc(O)c(O)c2O)c1C. The van der Waals surface area contributed by atoms with E-state index in [1.807, 2.05) is 32.0 Å². The molecule has 3 heteroatoms. The molecule has 2 aromatic rings. The van der Waals surface area contributed by atoms with E-state index >= 15 is 0 Å². The average molecular weight is 244 g/mol. The third-order valence-electron chi connectivity index (χ3n) is 3.33. The lowest BCUT2D eigenvalue weighted by Gasteiger charge is -2.14. The summed E-state index contributed by atoms with van der Waals surface area (Å²) >= 11 is 0. The molecule has 0 fully saturated rings. The minimum atomic E-state index is -0.475. The van der Waals surface area contributed by atoms with Crippen LogP contribution in [-0.4, -0.2) is 15.3 Å². The number of hydrogen-bond acceptors (Lipinski definition) is 3. The van der Waals surface area contributed by atoms with Crippen molar-refractivity contribution in [2.75, 3.05) is 0 Å². The maximum atomic E-state index is 10.0. The zero-order valence-corrected chi connectivity index (χ0v) is 10.7. The van der Waals surface area contributed by atoms with Gasteiger partial charge in [0.25, 0.3) is 0 Å². The van der Waals surface area contributed by atoms with E-state index in [0.717, 1.165) is 22.3 Å². The second kappa shape index (κ2) is 4.26. The van der Waals surface area contributed by atoms with E-state index in [1.165, 1.54) is 6.07 Å². The third kappa shape index (κ3) is 1.78. The van der Waals surface area contributed by atoms with Gasteiger partial charge in [0.05, 0.1) is 0 Å². The van der Waals surface area contributed by atoms with Crippen molar-refractivity contribution in [3.63, 3.8) is 0 Å². The van der Waals surface area contributed by atoms with E-state index in [9.17, 15) is 15.3 Å². The maximum Gasteiger partial charge on any atom is 0.200 e. The summed E-state index contributed by atoms with van der Waals surface area (Å²) in [4.78, 5) is 0. The van der Waals surface area contributed by atoms with Crippen LogP contribution in [0.25, 0.3) is 11.1 Å². The second-order valence-electron chi connectivity index (χ2n) is 4.53. The Hall–Kier alpha value is -2.16. The van der Waals surface area contributed by atoms with Crippen molar-refractivity contribution in [2.24, 2.45) is 0 Å². The van der Waals surface area contributed by atoms with Crippen LogP contribution in [-0.2, 0) is 0 Å². The van der Waals surface area contributed by atoms with E-state index < -0.39 is 5.75 Å². The van der Waals surface area contributed by atoms with Gasteiger partial charge in [-0.15, -0.1) is 0 Å². The summed E-state index contributed by atoms with van der Waals surface area (Å²) in [5.74, 6) is -1.06. The lowest BCUT2D eigenvalue weighted by Crippen LogP contribution is -1.91. The third-order valence-corrected chi connectivity index (χ3v) is 3.33. The number of hydrogen-bond donors (Lipinski definition) is 3.